The molecule has 0 radical (unpaired) electrons. The Morgan fingerprint density at radius 2 is 1.88 bits per heavy atom. The number of nitrogens with zero attached hydrogens (tertiary/aromatic N) is 1. The first-order valence-electron chi connectivity index (χ1n) is 8.03. The number of hydrogen-bond donors (Lipinski definition) is 0. The van der Waals surface area contributed by atoms with Crippen molar-refractivity contribution in [2.45, 2.75) is 17.7 Å². The number of carbonyl (C=O) groups excluding carboxylic acids is 1. The van der Waals surface area contributed by atoms with Crippen molar-refractivity contribution >= 4 is 50.7 Å². The lowest BCUT2D eigenvalue weighted by Crippen LogP contribution is -2.34. The monoisotopic (exact) mass is 409 g/mol. The maximum Gasteiger partial charge on any atom is 0.250 e. The summed E-state index contributed by atoms with van der Waals surface area (Å²) in [7, 11) is -3.27. The summed E-state index contributed by atoms with van der Waals surface area (Å²) in [5.74, 6) is -0.163. The molecule has 0 saturated heterocycles. The van der Waals surface area contributed by atoms with Crippen LogP contribution in [0.2, 0.25) is 10.0 Å². The highest BCUT2D eigenvalue weighted by atomic mass is 35.5. The van der Waals surface area contributed by atoms with Crippen LogP contribution in [0.15, 0.2) is 47.4 Å². The molecule has 0 aliphatic carbocycles. The van der Waals surface area contributed by atoms with E-state index in [4.69, 9.17) is 23.2 Å². The van der Waals surface area contributed by atoms with Crippen molar-refractivity contribution in [1.29, 1.82) is 0 Å². The van der Waals surface area contributed by atoms with Crippen LogP contribution in [0.3, 0.4) is 0 Å². The van der Waals surface area contributed by atoms with Gasteiger partial charge >= 0.3 is 0 Å². The fourth-order valence-electron chi connectivity index (χ4n) is 2.91. The van der Waals surface area contributed by atoms with Gasteiger partial charge in [0.2, 0.25) is 0 Å². The molecule has 0 N–H and O–H groups in total. The number of sulfone groups is 1. The van der Waals surface area contributed by atoms with Gasteiger partial charge in [-0.15, -0.1) is 0 Å². The highest BCUT2D eigenvalue weighted by Crippen LogP contribution is 2.30. The lowest BCUT2D eigenvalue weighted by molar-refractivity contribution is -0.114. The molecule has 3 rings (SSSR count). The Morgan fingerprint density at radius 1 is 1.12 bits per heavy atom. The lowest BCUT2D eigenvalue weighted by Gasteiger charge is -2.29. The molecule has 0 fully saturated rings. The van der Waals surface area contributed by atoms with Gasteiger partial charge in [-0.1, -0.05) is 29.3 Å². The van der Waals surface area contributed by atoms with Gasteiger partial charge in [-0.05, 0) is 60.4 Å². The maximum absolute atomic E-state index is 12.6. The number of fused-ring (bicyclic) bond motifs is 1. The van der Waals surface area contributed by atoms with Gasteiger partial charge in [0.05, 0.1) is 14.9 Å². The van der Waals surface area contributed by atoms with Crippen LogP contribution in [0.5, 0.6) is 0 Å². The smallest absolute Gasteiger partial charge is 0.250 e. The van der Waals surface area contributed by atoms with E-state index in [-0.39, 0.29) is 10.8 Å². The van der Waals surface area contributed by atoms with Gasteiger partial charge in [0, 0.05) is 24.6 Å². The standard InChI is InChI=1S/C19H17Cl2NO3S/c1-26(24,25)15-6-8-18-14(12-15)3-2-10-22(18)19(23)9-5-13-4-7-16(20)17(21)11-13/h4-9,11-12H,2-3,10H2,1H3/b9-5+. The Bertz CT molecular complexity index is 1000. The van der Waals surface area contributed by atoms with Gasteiger partial charge in [0.25, 0.3) is 5.91 Å². The second kappa shape index (κ2) is 7.43. The summed E-state index contributed by atoms with van der Waals surface area (Å²) in [6.45, 7) is 0.593. The zero-order chi connectivity index (χ0) is 18.9. The Balaban J connectivity index is 1.85. The van der Waals surface area contributed by atoms with Gasteiger partial charge in [-0.3, -0.25) is 4.79 Å². The number of anilines is 1. The number of aryl methyl sites for hydroxylation is 1. The van der Waals surface area contributed by atoms with E-state index in [1.165, 1.54) is 12.3 Å². The average Bonchev–Trinajstić information content (AvgIpc) is 2.60. The van der Waals surface area contributed by atoms with E-state index in [9.17, 15) is 13.2 Å². The first-order chi connectivity index (χ1) is 12.3. The highest BCUT2D eigenvalue weighted by Gasteiger charge is 2.22. The molecule has 2 aromatic rings. The topological polar surface area (TPSA) is 54.5 Å². The molecule has 2 aromatic carbocycles. The largest absolute Gasteiger partial charge is 0.309 e. The molecular formula is C19H17Cl2NO3S. The number of benzene rings is 2. The Kier molecular flexibility index (Phi) is 5.42. The third kappa shape index (κ3) is 4.11. The molecule has 0 spiro atoms. The highest BCUT2D eigenvalue weighted by molar-refractivity contribution is 7.90. The molecular weight excluding hydrogens is 393 g/mol. The van der Waals surface area contributed by atoms with Crippen LogP contribution in [-0.4, -0.2) is 27.1 Å². The van der Waals surface area contributed by atoms with Crippen LogP contribution in [0, 0.1) is 0 Å². The Morgan fingerprint density at radius 3 is 2.58 bits per heavy atom. The molecule has 0 bridgehead atoms. The molecule has 0 atom stereocenters. The van der Waals surface area contributed by atoms with Crippen molar-refractivity contribution in [1.82, 2.24) is 0 Å². The lowest BCUT2D eigenvalue weighted by atomic mass is 10.0. The maximum atomic E-state index is 12.6. The Labute approximate surface area is 163 Å². The zero-order valence-corrected chi connectivity index (χ0v) is 16.4. The predicted octanol–water partition coefficient (Wildman–Crippen LogP) is 4.39. The summed E-state index contributed by atoms with van der Waals surface area (Å²) in [5, 5.41) is 0.889. The van der Waals surface area contributed by atoms with Gasteiger partial charge < -0.3 is 4.90 Å². The van der Waals surface area contributed by atoms with Crippen LogP contribution in [0.1, 0.15) is 17.5 Å². The van der Waals surface area contributed by atoms with Crippen LogP contribution < -0.4 is 4.90 Å². The van der Waals surface area contributed by atoms with Gasteiger partial charge in [-0.25, -0.2) is 8.42 Å². The molecule has 26 heavy (non-hydrogen) atoms. The van der Waals surface area contributed by atoms with Crippen molar-refractivity contribution < 1.29 is 13.2 Å². The second-order valence-electron chi connectivity index (χ2n) is 6.16. The van der Waals surface area contributed by atoms with Crippen molar-refractivity contribution in [2.24, 2.45) is 0 Å². The van der Waals surface area contributed by atoms with Crippen molar-refractivity contribution in [2.75, 3.05) is 17.7 Å². The SMILES string of the molecule is CS(=O)(=O)c1ccc2c(c1)CCCN2C(=O)/C=C/c1ccc(Cl)c(Cl)c1. The number of halogens is 2. The number of hydrogen-bond acceptors (Lipinski definition) is 3. The van der Waals surface area contributed by atoms with Crippen LogP contribution in [0.25, 0.3) is 6.08 Å². The summed E-state index contributed by atoms with van der Waals surface area (Å²) in [6.07, 6.45) is 5.88. The van der Waals surface area contributed by atoms with Gasteiger partial charge in [0.1, 0.15) is 0 Å². The summed E-state index contributed by atoms with van der Waals surface area (Å²) in [5.41, 5.74) is 2.40. The summed E-state index contributed by atoms with van der Waals surface area (Å²) >= 11 is 11.9. The molecule has 0 aromatic heterocycles. The number of amides is 1. The zero-order valence-electron chi connectivity index (χ0n) is 14.1. The van der Waals surface area contributed by atoms with E-state index >= 15 is 0 Å². The fourth-order valence-corrected chi connectivity index (χ4v) is 3.88. The molecule has 1 amide bonds. The van der Waals surface area contributed by atoms with E-state index in [1.54, 1.807) is 47.4 Å². The second-order valence-corrected chi connectivity index (χ2v) is 8.99. The minimum absolute atomic E-state index is 0.163. The quantitative estimate of drug-likeness (QED) is 0.706. The molecule has 0 saturated carbocycles. The van der Waals surface area contributed by atoms with Crippen molar-refractivity contribution in [3.8, 4) is 0 Å². The molecule has 1 aliphatic rings. The summed E-state index contributed by atoms with van der Waals surface area (Å²) in [6, 6.07) is 10.1. The summed E-state index contributed by atoms with van der Waals surface area (Å²) < 4.78 is 23.5. The third-order valence-corrected chi connectivity index (χ3v) is 6.08. The minimum Gasteiger partial charge on any atom is -0.309 e. The van der Waals surface area contributed by atoms with E-state index in [2.05, 4.69) is 0 Å². The van der Waals surface area contributed by atoms with Crippen molar-refractivity contribution in [3.05, 3.63) is 63.6 Å². The van der Waals surface area contributed by atoms with Gasteiger partial charge in [0.15, 0.2) is 9.84 Å². The molecule has 7 heteroatoms. The Hall–Kier alpha value is -1.82. The van der Waals surface area contributed by atoms with E-state index in [0.29, 0.717) is 16.6 Å². The van der Waals surface area contributed by atoms with Crippen LogP contribution in [0.4, 0.5) is 5.69 Å². The van der Waals surface area contributed by atoms with Crippen LogP contribution in [-0.2, 0) is 21.1 Å². The first-order valence-corrected chi connectivity index (χ1v) is 10.7. The van der Waals surface area contributed by atoms with Crippen molar-refractivity contribution in [3.63, 3.8) is 0 Å². The third-order valence-electron chi connectivity index (χ3n) is 4.23. The number of carbonyl (C=O) groups is 1. The van der Waals surface area contributed by atoms with Crippen LogP contribution >= 0.6 is 23.2 Å². The minimum atomic E-state index is -3.27. The fraction of sp³-hybridized carbons (Fsp3) is 0.211. The average molecular weight is 410 g/mol. The molecule has 0 unspecified atom stereocenters. The molecule has 1 heterocycles. The predicted molar refractivity (Wildman–Crippen MR) is 106 cm³/mol. The normalized spacial score (nSPS) is 14.5. The molecule has 136 valence electrons. The van der Waals surface area contributed by atoms with E-state index < -0.39 is 9.84 Å². The summed E-state index contributed by atoms with van der Waals surface area (Å²) in [4.78, 5) is 14.6. The molecule has 1 aliphatic heterocycles. The van der Waals surface area contributed by atoms with Gasteiger partial charge in [-0.2, -0.15) is 0 Å². The van der Waals surface area contributed by atoms with E-state index in [0.717, 1.165) is 29.7 Å². The van der Waals surface area contributed by atoms with E-state index in [1.807, 2.05) is 0 Å². The first kappa shape index (κ1) is 19.0. The number of rotatable bonds is 3. The molecule has 4 nitrogen and oxygen atoms in total.